The quantitative estimate of drug-likeness (QED) is 0.171. The highest BCUT2D eigenvalue weighted by Crippen LogP contribution is 2.41. The van der Waals surface area contributed by atoms with Gasteiger partial charge >= 0.3 is 0 Å². The van der Waals surface area contributed by atoms with Gasteiger partial charge in [-0.05, 0) is 83.9 Å². The first-order valence-electron chi connectivity index (χ1n) is 19.0. The Morgan fingerprint density at radius 2 is 0.807 bits per heavy atom. The van der Waals surface area contributed by atoms with Gasteiger partial charge in [0.05, 0.1) is 27.8 Å². The van der Waals surface area contributed by atoms with Gasteiger partial charge in [-0.15, -0.1) is 0 Å². The fourth-order valence-corrected chi connectivity index (χ4v) is 8.20. The summed E-state index contributed by atoms with van der Waals surface area (Å²) in [6.07, 6.45) is 0. The summed E-state index contributed by atoms with van der Waals surface area (Å²) in [5.41, 5.74) is 11.4. The number of halogens is 1. The minimum Gasteiger partial charge on any atom is -0.307 e. The zero-order valence-corrected chi connectivity index (χ0v) is 30.6. The summed E-state index contributed by atoms with van der Waals surface area (Å²) in [7, 11) is 0. The highest BCUT2D eigenvalue weighted by Gasteiger charge is 2.21. The van der Waals surface area contributed by atoms with E-state index in [1.165, 1.54) is 34.0 Å². The van der Waals surface area contributed by atoms with Gasteiger partial charge in [-0.25, -0.2) is 19.3 Å². The van der Waals surface area contributed by atoms with Crippen molar-refractivity contribution in [2.24, 2.45) is 0 Å². The predicted octanol–water partition coefficient (Wildman–Crippen LogP) is 12.9. The standard InChI is InChI=1S/C51H32FN5/c52-38-27-22-36(23-28-38)50-53-49(35-14-5-2-6-15-35)54-51(55-50)37-26-31-46-43(32-37)41-17-8-10-20-45(41)57(46)47-21-11-18-42-40-16-7-9-19-44(40)56(48(42)47)39-29-24-34(25-30-39)33-12-3-1-4-13-33/h1-32H. The van der Waals surface area contributed by atoms with E-state index in [9.17, 15) is 4.39 Å². The van der Waals surface area contributed by atoms with E-state index in [-0.39, 0.29) is 5.82 Å². The van der Waals surface area contributed by atoms with Gasteiger partial charge in [-0.1, -0.05) is 121 Å². The highest BCUT2D eigenvalue weighted by molar-refractivity contribution is 6.15. The van der Waals surface area contributed by atoms with Crippen LogP contribution in [0, 0.1) is 5.82 Å². The maximum Gasteiger partial charge on any atom is 0.164 e. The molecule has 0 fully saturated rings. The molecule has 0 aliphatic rings. The van der Waals surface area contributed by atoms with Crippen LogP contribution in [0.4, 0.5) is 4.39 Å². The summed E-state index contributed by atoms with van der Waals surface area (Å²) in [5, 5.41) is 4.59. The number of aromatic nitrogens is 5. The lowest BCUT2D eigenvalue weighted by Gasteiger charge is -2.15. The summed E-state index contributed by atoms with van der Waals surface area (Å²) in [6, 6.07) is 65.8. The van der Waals surface area contributed by atoms with Crippen LogP contribution < -0.4 is 0 Å². The van der Waals surface area contributed by atoms with Gasteiger partial charge in [0.2, 0.25) is 0 Å². The third kappa shape index (κ3) is 5.49. The lowest BCUT2D eigenvalue weighted by Crippen LogP contribution is -2.01. The number of benzene rings is 8. The van der Waals surface area contributed by atoms with Crippen LogP contribution in [-0.4, -0.2) is 24.1 Å². The number of nitrogens with zero attached hydrogens (tertiary/aromatic N) is 5. The second-order valence-corrected chi connectivity index (χ2v) is 14.2. The van der Waals surface area contributed by atoms with E-state index in [0.717, 1.165) is 55.3 Å². The van der Waals surface area contributed by atoms with Gasteiger partial charge in [-0.2, -0.15) is 0 Å². The fraction of sp³-hybridized carbons (Fsp3) is 0. The summed E-state index contributed by atoms with van der Waals surface area (Å²) in [5.74, 6) is 1.27. The molecule has 3 heterocycles. The number of fused-ring (bicyclic) bond motifs is 6. The molecule has 0 spiro atoms. The number of hydrogen-bond donors (Lipinski definition) is 0. The molecule has 0 aliphatic carbocycles. The first kappa shape index (κ1) is 32.7. The molecular formula is C51H32FN5. The van der Waals surface area contributed by atoms with Crippen LogP contribution in [0.1, 0.15) is 0 Å². The minimum absolute atomic E-state index is 0.310. The number of rotatable bonds is 6. The summed E-state index contributed by atoms with van der Waals surface area (Å²) in [4.78, 5) is 14.8. The maximum absolute atomic E-state index is 14.0. The molecule has 0 atom stereocenters. The molecule has 0 saturated carbocycles. The molecule has 0 saturated heterocycles. The predicted molar refractivity (Wildman–Crippen MR) is 230 cm³/mol. The van der Waals surface area contributed by atoms with Gasteiger partial charge in [-0.3, -0.25) is 0 Å². The van der Waals surface area contributed by atoms with Crippen LogP contribution >= 0.6 is 0 Å². The minimum atomic E-state index is -0.310. The van der Waals surface area contributed by atoms with Gasteiger partial charge in [0.25, 0.3) is 0 Å². The summed E-state index contributed by atoms with van der Waals surface area (Å²) < 4.78 is 18.7. The van der Waals surface area contributed by atoms with Crippen molar-refractivity contribution in [3.05, 3.63) is 200 Å². The van der Waals surface area contributed by atoms with Gasteiger partial charge in [0.1, 0.15) is 5.82 Å². The highest BCUT2D eigenvalue weighted by atomic mass is 19.1. The topological polar surface area (TPSA) is 48.5 Å². The molecule has 0 radical (unpaired) electrons. The Morgan fingerprint density at radius 3 is 1.49 bits per heavy atom. The van der Waals surface area contributed by atoms with Crippen molar-refractivity contribution >= 4 is 43.6 Å². The molecule has 11 rings (SSSR count). The van der Waals surface area contributed by atoms with E-state index in [4.69, 9.17) is 15.0 Å². The molecule has 0 bridgehead atoms. The maximum atomic E-state index is 14.0. The Balaban J connectivity index is 1.13. The van der Waals surface area contributed by atoms with Crippen LogP contribution in [0.3, 0.4) is 0 Å². The smallest absolute Gasteiger partial charge is 0.164 e. The second-order valence-electron chi connectivity index (χ2n) is 14.2. The molecule has 0 aliphatic heterocycles. The SMILES string of the molecule is Fc1ccc(-c2nc(-c3ccccc3)nc(-c3ccc4c(c3)c3ccccc3n4-c3cccc4c5ccccc5n(-c5ccc(-c6ccccc6)cc5)c34)n2)cc1. The van der Waals surface area contributed by atoms with Crippen LogP contribution in [0.5, 0.6) is 0 Å². The average Bonchev–Trinajstić information content (AvgIpc) is 3.80. The zero-order chi connectivity index (χ0) is 37.9. The Kier molecular flexibility index (Phi) is 7.60. The Hall–Kier alpha value is -7.70. The third-order valence-electron chi connectivity index (χ3n) is 10.8. The molecule has 0 amide bonds. The lowest BCUT2D eigenvalue weighted by molar-refractivity contribution is 0.628. The van der Waals surface area contributed by atoms with E-state index in [2.05, 4.69) is 143 Å². The molecule has 8 aromatic carbocycles. The van der Waals surface area contributed by atoms with Crippen LogP contribution in [0.15, 0.2) is 194 Å². The first-order valence-corrected chi connectivity index (χ1v) is 19.0. The lowest BCUT2D eigenvalue weighted by atomic mass is 10.1. The van der Waals surface area contributed by atoms with Gasteiger partial charge in [0, 0.05) is 43.9 Å². The Bertz CT molecular complexity index is 3280. The molecule has 0 N–H and O–H groups in total. The average molecular weight is 734 g/mol. The second kappa shape index (κ2) is 13.3. The molecule has 0 unspecified atom stereocenters. The molecule has 268 valence electrons. The van der Waals surface area contributed by atoms with Crippen LogP contribution in [0.2, 0.25) is 0 Å². The summed E-state index contributed by atoms with van der Waals surface area (Å²) >= 11 is 0. The molecule has 3 aromatic heterocycles. The molecule has 5 nitrogen and oxygen atoms in total. The van der Waals surface area contributed by atoms with Crippen molar-refractivity contribution in [1.82, 2.24) is 24.1 Å². The third-order valence-corrected chi connectivity index (χ3v) is 10.8. The van der Waals surface area contributed by atoms with Crippen molar-refractivity contribution in [2.75, 3.05) is 0 Å². The van der Waals surface area contributed by atoms with E-state index < -0.39 is 0 Å². The van der Waals surface area contributed by atoms with Crippen molar-refractivity contribution in [2.45, 2.75) is 0 Å². The number of para-hydroxylation sites is 3. The summed E-state index contributed by atoms with van der Waals surface area (Å²) in [6.45, 7) is 0. The monoisotopic (exact) mass is 733 g/mol. The van der Waals surface area contributed by atoms with Crippen molar-refractivity contribution < 1.29 is 4.39 Å². The van der Waals surface area contributed by atoms with Crippen LogP contribution in [-0.2, 0) is 0 Å². The van der Waals surface area contributed by atoms with Crippen molar-refractivity contribution in [1.29, 1.82) is 0 Å². The molecule has 6 heteroatoms. The number of hydrogen-bond acceptors (Lipinski definition) is 3. The molecule has 11 aromatic rings. The largest absolute Gasteiger partial charge is 0.307 e. The van der Waals surface area contributed by atoms with Crippen molar-refractivity contribution in [3.8, 4) is 56.7 Å². The fourth-order valence-electron chi connectivity index (χ4n) is 8.20. The molecular weight excluding hydrogens is 702 g/mol. The van der Waals surface area contributed by atoms with Gasteiger partial charge in [0.15, 0.2) is 17.5 Å². The van der Waals surface area contributed by atoms with E-state index in [1.54, 1.807) is 12.1 Å². The van der Waals surface area contributed by atoms with E-state index in [0.29, 0.717) is 23.0 Å². The first-order chi connectivity index (χ1) is 28.2. The molecule has 57 heavy (non-hydrogen) atoms. The van der Waals surface area contributed by atoms with E-state index in [1.807, 2.05) is 36.4 Å². The zero-order valence-electron chi connectivity index (χ0n) is 30.6. The normalized spacial score (nSPS) is 11.6. The van der Waals surface area contributed by atoms with Crippen molar-refractivity contribution in [3.63, 3.8) is 0 Å². The van der Waals surface area contributed by atoms with Crippen LogP contribution in [0.25, 0.3) is 100 Å². The Labute approximate surface area is 327 Å². The Morgan fingerprint density at radius 1 is 0.333 bits per heavy atom. The van der Waals surface area contributed by atoms with Gasteiger partial charge < -0.3 is 9.13 Å². The van der Waals surface area contributed by atoms with E-state index >= 15 is 0 Å².